The molecule has 1 saturated heterocycles. The molecule has 1 aromatic heterocycles. The summed E-state index contributed by atoms with van der Waals surface area (Å²) in [6.07, 6.45) is 5.02. The highest BCUT2D eigenvalue weighted by atomic mass is 16.5. The third kappa shape index (κ3) is 4.85. The van der Waals surface area contributed by atoms with E-state index >= 15 is 0 Å². The summed E-state index contributed by atoms with van der Waals surface area (Å²) in [7, 11) is 3.52. The first-order chi connectivity index (χ1) is 15.5. The first kappa shape index (κ1) is 21.7. The van der Waals surface area contributed by atoms with Crippen molar-refractivity contribution >= 4 is 11.7 Å². The van der Waals surface area contributed by atoms with Gasteiger partial charge in [-0.05, 0) is 61.7 Å². The summed E-state index contributed by atoms with van der Waals surface area (Å²) in [6, 6.07) is 16.3. The molecule has 0 spiro atoms. The molecule has 2 heterocycles. The molecule has 8 nitrogen and oxygen atoms in total. The highest BCUT2D eigenvalue weighted by Gasteiger charge is 2.24. The molecule has 0 saturated carbocycles. The first-order valence-corrected chi connectivity index (χ1v) is 10.9. The Kier molecular flexibility index (Phi) is 6.58. The van der Waals surface area contributed by atoms with Crippen LogP contribution in [-0.2, 0) is 0 Å². The average Bonchev–Trinajstić information content (AvgIpc) is 3.39. The fourth-order valence-corrected chi connectivity index (χ4v) is 4.00. The van der Waals surface area contributed by atoms with Crippen molar-refractivity contribution < 1.29 is 9.53 Å². The van der Waals surface area contributed by atoms with Crippen LogP contribution in [0.25, 0.3) is 5.69 Å². The van der Waals surface area contributed by atoms with Gasteiger partial charge in [0.25, 0.3) is 0 Å². The van der Waals surface area contributed by atoms with Gasteiger partial charge in [0.05, 0.1) is 18.8 Å². The fraction of sp³-hybridized carbons (Fsp3) is 0.375. The highest BCUT2D eigenvalue weighted by molar-refractivity contribution is 5.74. The maximum Gasteiger partial charge on any atom is 0.317 e. The van der Waals surface area contributed by atoms with Gasteiger partial charge in [-0.1, -0.05) is 12.1 Å². The minimum Gasteiger partial charge on any atom is -0.497 e. The normalized spacial score (nSPS) is 15.3. The Morgan fingerprint density at radius 3 is 2.34 bits per heavy atom. The lowest BCUT2D eigenvalue weighted by atomic mass is 10.0. The predicted octanol–water partition coefficient (Wildman–Crippen LogP) is 3.65. The number of rotatable bonds is 6. The Labute approximate surface area is 188 Å². The van der Waals surface area contributed by atoms with Crippen molar-refractivity contribution in [3.8, 4) is 11.4 Å². The molecule has 0 aliphatic carbocycles. The number of ether oxygens (including phenoxy) is 1. The zero-order valence-electron chi connectivity index (χ0n) is 18.8. The second kappa shape index (κ2) is 9.72. The van der Waals surface area contributed by atoms with Crippen LogP contribution in [0, 0.1) is 0 Å². The van der Waals surface area contributed by atoms with Gasteiger partial charge in [-0.15, -0.1) is 0 Å². The van der Waals surface area contributed by atoms with Gasteiger partial charge in [-0.2, -0.15) is 5.10 Å². The molecule has 1 fully saturated rings. The van der Waals surface area contributed by atoms with Gasteiger partial charge in [-0.3, -0.25) is 0 Å². The van der Waals surface area contributed by atoms with Crippen LogP contribution in [0.4, 0.5) is 10.5 Å². The van der Waals surface area contributed by atoms with E-state index in [0.717, 1.165) is 42.9 Å². The molecule has 0 bridgehead atoms. The van der Waals surface area contributed by atoms with E-state index in [2.05, 4.69) is 32.4 Å². The molecular weight excluding hydrogens is 404 g/mol. The second-order valence-corrected chi connectivity index (χ2v) is 8.13. The van der Waals surface area contributed by atoms with E-state index < -0.39 is 0 Å². The van der Waals surface area contributed by atoms with Crippen molar-refractivity contribution in [2.75, 3.05) is 32.1 Å². The van der Waals surface area contributed by atoms with Gasteiger partial charge < -0.3 is 19.9 Å². The van der Waals surface area contributed by atoms with Crippen LogP contribution in [0.15, 0.2) is 61.2 Å². The number of methoxy groups -OCH3 is 1. The molecule has 1 N–H and O–H groups in total. The molecule has 32 heavy (non-hydrogen) atoms. The lowest BCUT2D eigenvalue weighted by molar-refractivity contribution is 0.188. The van der Waals surface area contributed by atoms with E-state index in [-0.39, 0.29) is 18.1 Å². The summed E-state index contributed by atoms with van der Waals surface area (Å²) < 4.78 is 6.95. The number of urea groups is 1. The Balaban J connectivity index is 1.28. The minimum atomic E-state index is -0.0424. The van der Waals surface area contributed by atoms with Crippen molar-refractivity contribution in [3.63, 3.8) is 0 Å². The number of nitrogens with zero attached hydrogens (tertiary/aromatic N) is 5. The number of aromatic nitrogens is 3. The Hall–Kier alpha value is -3.55. The molecule has 3 aromatic rings. The molecule has 2 amide bonds. The maximum atomic E-state index is 12.9. The summed E-state index contributed by atoms with van der Waals surface area (Å²) >= 11 is 0. The van der Waals surface area contributed by atoms with Crippen LogP contribution < -0.4 is 15.0 Å². The number of nitrogens with one attached hydrogen (secondary N) is 1. The summed E-state index contributed by atoms with van der Waals surface area (Å²) in [6.45, 7) is 3.87. The number of hydrogen-bond donors (Lipinski definition) is 1. The van der Waals surface area contributed by atoms with Crippen LogP contribution in [-0.4, -0.2) is 59.0 Å². The summed E-state index contributed by atoms with van der Waals surface area (Å²) in [5, 5.41) is 7.35. The van der Waals surface area contributed by atoms with Gasteiger partial charge in [-0.25, -0.2) is 14.5 Å². The molecule has 1 aliphatic heterocycles. The highest BCUT2D eigenvalue weighted by Crippen LogP contribution is 2.24. The molecular formula is C24H30N6O2. The molecule has 1 aliphatic rings. The number of benzene rings is 2. The van der Waals surface area contributed by atoms with E-state index in [1.807, 2.05) is 50.4 Å². The Morgan fingerprint density at radius 1 is 1.09 bits per heavy atom. The van der Waals surface area contributed by atoms with Crippen molar-refractivity contribution in [1.82, 2.24) is 25.0 Å². The van der Waals surface area contributed by atoms with Crippen molar-refractivity contribution in [3.05, 3.63) is 66.7 Å². The standard InChI is InChI=1S/C24H30N6O2/c1-18(19-4-6-22(7-5-19)30-17-25-16-26-30)28(2)24(31)27-20-12-14-29(15-13-20)21-8-10-23(32-3)11-9-21/h4-11,16-18,20H,12-15H2,1-3H3,(H,27,31). The molecule has 2 aromatic carbocycles. The van der Waals surface area contributed by atoms with E-state index in [4.69, 9.17) is 4.74 Å². The maximum absolute atomic E-state index is 12.9. The molecule has 8 heteroatoms. The second-order valence-electron chi connectivity index (χ2n) is 8.13. The number of hydrogen-bond acceptors (Lipinski definition) is 5. The first-order valence-electron chi connectivity index (χ1n) is 10.9. The molecule has 1 atom stereocenters. The molecule has 4 rings (SSSR count). The van der Waals surface area contributed by atoms with E-state index in [1.54, 1.807) is 23.0 Å². The number of anilines is 1. The Bertz CT molecular complexity index is 996. The van der Waals surface area contributed by atoms with Gasteiger partial charge in [0.2, 0.25) is 0 Å². The monoisotopic (exact) mass is 434 g/mol. The lowest BCUT2D eigenvalue weighted by Crippen LogP contribution is -2.48. The topological polar surface area (TPSA) is 75.5 Å². The zero-order chi connectivity index (χ0) is 22.5. The third-order valence-electron chi connectivity index (χ3n) is 6.22. The van der Waals surface area contributed by atoms with Gasteiger partial charge >= 0.3 is 6.03 Å². The van der Waals surface area contributed by atoms with Crippen LogP contribution in [0.3, 0.4) is 0 Å². The Morgan fingerprint density at radius 2 is 1.75 bits per heavy atom. The summed E-state index contributed by atoms with van der Waals surface area (Å²) in [4.78, 5) is 21.0. The van der Waals surface area contributed by atoms with E-state index in [9.17, 15) is 4.79 Å². The van der Waals surface area contributed by atoms with Gasteiger partial charge in [0, 0.05) is 31.9 Å². The predicted molar refractivity (Wildman–Crippen MR) is 124 cm³/mol. The lowest BCUT2D eigenvalue weighted by Gasteiger charge is -2.35. The fourth-order valence-electron chi connectivity index (χ4n) is 4.00. The SMILES string of the molecule is COc1ccc(N2CCC(NC(=O)N(C)C(C)c3ccc(-n4cncn4)cc3)CC2)cc1. The molecule has 168 valence electrons. The minimum absolute atomic E-state index is 0.0410. The average molecular weight is 435 g/mol. The smallest absolute Gasteiger partial charge is 0.317 e. The van der Waals surface area contributed by atoms with Gasteiger partial charge in [0.15, 0.2) is 0 Å². The number of amides is 2. The zero-order valence-corrected chi connectivity index (χ0v) is 18.8. The van der Waals surface area contributed by atoms with Crippen molar-refractivity contribution in [1.29, 1.82) is 0 Å². The van der Waals surface area contributed by atoms with Gasteiger partial charge in [0.1, 0.15) is 18.4 Å². The van der Waals surface area contributed by atoms with Crippen LogP contribution in [0.2, 0.25) is 0 Å². The summed E-state index contributed by atoms with van der Waals surface area (Å²) in [5.41, 5.74) is 3.20. The van der Waals surface area contributed by atoms with Crippen LogP contribution in [0.1, 0.15) is 31.4 Å². The van der Waals surface area contributed by atoms with E-state index in [1.165, 1.54) is 12.0 Å². The molecule has 1 unspecified atom stereocenters. The molecule has 0 radical (unpaired) electrons. The van der Waals surface area contributed by atoms with Crippen molar-refractivity contribution in [2.45, 2.75) is 31.8 Å². The van der Waals surface area contributed by atoms with Crippen molar-refractivity contribution in [2.24, 2.45) is 0 Å². The quantitative estimate of drug-likeness (QED) is 0.641. The van der Waals surface area contributed by atoms with Crippen LogP contribution >= 0.6 is 0 Å². The number of carbonyl (C=O) groups excluding carboxylic acids is 1. The van der Waals surface area contributed by atoms with E-state index in [0.29, 0.717) is 0 Å². The largest absolute Gasteiger partial charge is 0.497 e. The van der Waals surface area contributed by atoms with Crippen LogP contribution in [0.5, 0.6) is 5.75 Å². The number of piperidine rings is 1. The third-order valence-corrected chi connectivity index (χ3v) is 6.22. The number of carbonyl (C=O) groups is 1. The summed E-state index contributed by atoms with van der Waals surface area (Å²) in [5.74, 6) is 0.862.